The summed E-state index contributed by atoms with van der Waals surface area (Å²) in [5.41, 5.74) is 0.554. The normalized spacial score (nSPS) is 18.4. The van der Waals surface area contributed by atoms with Crippen molar-refractivity contribution in [2.75, 3.05) is 5.32 Å². The molecule has 0 radical (unpaired) electrons. The van der Waals surface area contributed by atoms with Gasteiger partial charge in [-0.15, -0.1) is 0 Å². The number of carboxylic acids is 1. The lowest BCUT2D eigenvalue weighted by atomic mass is 10.1. The summed E-state index contributed by atoms with van der Waals surface area (Å²) in [6.07, 6.45) is -0.557. The molecular weight excluding hydrogens is 325 g/mol. The number of hydrogen-bond donors (Lipinski definition) is 2. The van der Waals surface area contributed by atoms with Crippen molar-refractivity contribution < 1.29 is 19.4 Å². The molecule has 0 bridgehead atoms. The summed E-state index contributed by atoms with van der Waals surface area (Å²) >= 11 is 1.92. The highest BCUT2D eigenvalue weighted by atomic mass is 127. The molecule has 1 aliphatic heterocycles. The van der Waals surface area contributed by atoms with Crippen molar-refractivity contribution in [3.05, 3.63) is 21.3 Å². The van der Waals surface area contributed by atoms with Crippen molar-refractivity contribution in [1.82, 2.24) is 0 Å². The Morgan fingerprint density at radius 3 is 2.88 bits per heavy atom. The third-order valence-electron chi connectivity index (χ3n) is 2.23. The van der Waals surface area contributed by atoms with Crippen LogP contribution in [0.2, 0.25) is 0 Å². The maximum atomic E-state index is 11.3. The lowest BCUT2D eigenvalue weighted by Gasteiger charge is -2.23. The third kappa shape index (κ3) is 1.84. The highest BCUT2D eigenvalue weighted by Crippen LogP contribution is 2.33. The fraction of sp³-hybridized carbons (Fsp3) is 0.200. The van der Waals surface area contributed by atoms with Crippen LogP contribution in [-0.2, 0) is 4.79 Å². The molecule has 2 rings (SSSR count). The molecule has 0 spiro atoms. The van der Waals surface area contributed by atoms with Crippen LogP contribution in [0.1, 0.15) is 17.3 Å². The number of ether oxygens (including phenoxy) is 1. The first-order valence-corrected chi connectivity index (χ1v) is 5.61. The predicted octanol–water partition coefficient (Wildman–Crippen LogP) is 1.71. The fourth-order valence-electron chi connectivity index (χ4n) is 1.39. The number of amides is 1. The van der Waals surface area contributed by atoms with E-state index in [4.69, 9.17) is 9.84 Å². The zero-order valence-electron chi connectivity index (χ0n) is 8.28. The maximum Gasteiger partial charge on any atom is 0.336 e. The van der Waals surface area contributed by atoms with Crippen LogP contribution >= 0.6 is 22.6 Å². The Morgan fingerprint density at radius 1 is 1.56 bits per heavy atom. The molecule has 1 aliphatic rings. The minimum atomic E-state index is -1.03. The van der Waals surface area contributed by atoms with Crippen molar-refractivity contribution in [1.29, 1.82) is 0 Å². The van der Waals surface area contributed by atoms with E-state index >= 15 is 0 Å². The van der Waals surface area contributed by atoms with Crippen molar-refractivity contribution in [2.24, 2.45) is 0 Å². The molecule has 0 unspecified atom stereocenters. The lowest BCUT2D eigenvalue weighted by molar-refractivity contribution is -0.122. The van der Waals surface area contributed by atoms with E-state index < -0.39 is 12.1 Å². The predicted molar refractivity (Wildman–Crippen MR) is 64.8 cm³/mol. The first-order valence-electron chi connectivity index (χ1n) is 4.53. The second-order valence-corrected chi connectivity index (χ2v) is 4.54. The first-order chi connectivity index (χ1) is 7.49. The van der Waals surface area contributed by atoms with Gasteiger partial charge in [0.25, 0.3) is 5.91 Å². The summed E-state index contributed by atoms with van der Waals surface area (Å²) in [5.74, 6) is -0.799. The Hall–Kier alpha value is -1.31. The SMILES string of the molecule is C[C@H]1Oc2cc(I)c(C(=O)O)cc2NC1=O. The van der Waals surface area contributed by atoms with E-state index in [-0.39, 0.29) is 11.5 Å². The highest BCUT2D eigenvalue weighted by molar-refractivity contribution is 14.1. The highest BCUT2D eigenvalue weighted by Gasteiger charge is 2.25. The van der Waals surface area contributed by atoms with Gasteiger partial charge in [-0.3, -0.25) is 4.79 Å². The topological polar surface area (TPSA) is 75.6 Å². The molecular formula is C10H8INO4. The molecule has 0 aromatic heterocycles. The Kier molecular flexibility index (Phi) is 2.75. The van der Waals surface area contributed by atoms with E-state index in [1.165, 1.54) is 6.07 Å². The Balaban J connectivity index is 2.50. The van der Waals surface area contributed by atoms with Crippen LogP contribution in [0.3, 0.4) is 0 Å². The largest absolute Gasteiger partial charge is 0.479 e. The number of rotatable bonds is 1. The minimum Gasteiger partial charge on any atom is -0.479 e. The molecule has 1 aromatic carbocycles. The van der Waals surface area contributed by atoms with E-state index in [1.54, 1.807) is 13.0 Å². The molecule has 0 aliphatic carbocycles. The molecule has 84 valence electrons. The molecule has 6 heteroatoms. The summed E-state index contributed by atoms with van der Waals surface area (Å²) < 4.78 is 5.93. The molecule has 0 fully saturated rings. The number of carboxylic acid groups (broad SMARTS) is 1. The molecule has 1 heterocycles. The average molecular weight is 333 g/mol. The average Bonchev–Trinajstić information content (AvgIpc) is 2.19. The van der Waals surface area contributed by atoms with Gasteiger partial charge in [-0.2, -0.15) is 0 Å². The molecule has 1 atom stereocenters. The van der Waals surface area contributed by atoms with Crippen LogP contribution in [0.4, 0.5) is 5.69 Å². The lowest BCUT2D eigenvalue weighted by Crippen LogP contribution is -2.34. The number of hydrogen-bond acceptors (Lipinski definition) is 3. The number of carbonyl (C=O) groups excluding carboxylic acids is 1. The zero-order chi connectivity index (χ0) is 11.9. The van der Waals surface area contributed by atoms with E-state index in [2.05, 4.69) is 5.32 Å². The van der Waals surface area contributed by atoms with Gasteiger partial charge >= 0.3 is 5.97 Å². The molecule has 1 amide bonds. The zero-order valence-corrected chi connectivity index (χ0v) is 10.4. The monoisotopic (exact) mass is 333 g/mol. The summed E-state index contributed by atoms with van der Waals surface area (Å²) in [7, 11) is 0. The van der Waals surface area contributed by atoms with Crippen LogP contribution in [0.5, 0.6) is 5.75 Å². The van der Waals surface area contributed by atoms with Crippen LogP contribution in [0, 0.1) is 3.57 Å². The third-order valence-corrected chi connectivity index (χ3v) is 3.12. The van der Waals surface area contributed by atoms with Crippen molar-refractivity contribution in [3.8, 4) is 5.75 Å². The van der Waals surface area contributed by atoms with Crippen molar-refractivity contribution in [2.45, 2.75) is 13.0 Å². The van der Waals surface area contributed by atoms with E-state index in [1.807, 2.05) is 22.6 Å². The maximum absolute atomic E-state index is 11.3. The van der Waals surface area contributed by atoms with Crippen molar-refractivity contribution >= 4 is 40.2 Å². The standard InChI is InChI=1S/C10H8INO4/c1-4-9(13)12-7-2-5(10(14)15)6(11)3-8(7)16-4/h2-4H,1H3,(H,12,13)(H,14,15)/t4-/m1/s1. The molecule has 16 heavy (non-hydrogen) atoms. The van der Waals surface area contributed by atoms with Gasteiger partial charge in [0.05, 0.1) is 11.3 Å². The van der Waals surface area contributed by atoms with Gasteiger partial charge in [-0.05, 0) is 41.6 Å². The number of benzene rings is 1. The van der Waals surface area contributed by atoms with Crippen LogP contribution in [-0.4, -0.2) is 23.1 Å². The molecule has 5 nitrogen and oxygen atoms in total. The smallest absolute Gasteiger partial charge is 0.336 e. The van der Waals surface area contributed by atoms with E-state index in [9.17, 15) is 9.59 Å². The van der Waals surface area contributed by atoms with Gasteiger partial charge in [-0.1, -0.05) is 0 Å². The van der Waals surface area contributed by atoms with Gasteiger partial charge in [0.15, 0.2) is 6.10 Å². The number of anilines is 1. The Morgan fingerprint density at radius 2 is 2.25 bits per heavy atom. The van der Waals surface area contributed by atoms with Crippen molar-refractivity contribution in [3.63, 3.8) is 0 Å². The van der Waals surface area contributed by atoms with Crippen LogP contribution in [0.25, 0.3) is 0 Å². The fourth-order valence-corrected chi connectivity index (χ4v) is 2.06. The van der Waals surface area contributed by atoms with E-state index in [0.717, 1.165) is 0 Å². The summed E-state index contributed by atoms with van der Waals surface area (Å²) in [6.45, 7) is 1.64. The quantitative estimate of drug-likeness (QED) is 0.768. The minimum absolute atomic E-state index is 0.151. The molecule has 1 aromatic rings. The van der Waals surface area contributed by atoms with Crippen LogP contribution in [0.15, 0.2) is 12.1 Å². The summed E-state index contributed by atoms with van der Waals surface area (Å²) in [4.78, 5) is 22.2. The first kappa shape index (κ1) is 11.2. The number of halogens is 1. The molecule has 0 saturated heterocycles. The number of fused-ring (bicyclic) bond motifs is 1. The summed E-state index contributed by atoms with van der Waals surface area (Å²) in [6, 6.07) is 3.01. The van der Waals surface area contributed by atoms with Gasteiger partial charge in [0.2, 0.25) is 0 Å². The number of aromatic carboxylic acids is 1. The number of carbonyl (C=O) groups is 2. The van der Waals surface area contributed by atoms with Gasteiger partial charge in [0.1, 0.15) is 5.75 Å². The second kappa shape index (κ2) is 3.93. The van der Waals surface area contributed by atoms with Crippen LogP contribution < -0.4 is 10.1 Å². The molecule has 2 N–H and O–H groups in total. The van der Waals surface area contributed by atoms with Gasteiger partial charge < -0.3 is 15.2 Å². The molecule has 0 saturated carbocycles. The van der Waals surface area contributed by atoms with E-state index in [0.29, 0.717) is 15.0 Å². The second-order valence-electron chi connectivity index (χ2n) is 3.38. The number of nitrogens with one attached hydrogen (secondary N) is 1. The van der Waals surface area contributed by atoms with Gasteiger partial charge in [0, 0.05) is 3.57 Å². The van der Waals surface area contributed by atoms with Gasteiger partial charge in [-0.25, -0.2) is 4.79 Å². The Labute approximate surface area is 105 Å². The Bertz CT molecular complexity index is 486. The summed E-state index contributed by atoms with van der Waals surface area (Å²) in [5, 5.41) is 11.5.